The topological polar surface area (TPSA) is 75.3 Å². The van der Waals surface area contributed by atoms with Crippen LogP contribution in [0.2, 0.25) is 0 Å². The van der Waals surface area contributed by atoms with Crippen molar-refractivity contribution in [1.29, 1.82) is 0 Å². The van der Waals surface area contributed by atoms with Gasteiger partial charge in [-0.3, -0.25) is 0 Å². The Balaban J connectivity index is 2.45. The lowest BCUT2D eigenvalue weighted by atomic mass is 10.1. The minimum atomic E-state index is -0.989. The Hall–Kier alpha value is -1.71. The van der Waals surface area contributed by atoms with Crippen molar-refractivity contribution < 1.29 is 9.90 Å². The van der Waals surface area contributed by atoms with E-state index in [2.05, 4.69) is 12.2 Å². The number of carboxylic acid groups (broad SMARTS) is 1. The minimum Gasteiger partial charge on any atom is -0.478 e. The number of hydrogen-bond donors (Lipinski definition) is 3. The van der Waals surface area contributed by atoms with E-state index in [4.69, 9.17) is 10.8 Å². The van der Waals surface area contributed by atoms with Gasteiger partial charge in [0.25, 0.3) is 0 Å². The van der Waals surface area contributed by atoms with Crippen molar-refractivity contribution in [2.75, 3.05) is 17.6 Å². The number of nitrogen functional groups attached to an aromatic ring is 1. The first kappa shape index (κ1) is 13.4. The van der Waals surface area contributed by atoms with Gasteiger partial charge in [-0.05, 0) is 24.6 Å². The lowest BCUT2D eigenvalue weighted by Gasteiger charge is -2.08. The van der Waals surface area contributed by atoms with Crippen LogP contribution in [-0.4, -0.2) is 17.6 Å². The highest BCUT2D eigenvalue weighted by Gasteiger charge is 2.07. The average Bonchev–Trinajstić information content (AvgIpc) is 2.28. The standard InChI is InChI=1S/C13H20N2O2/c1-2-3-4-5-8-15-10-6-7-11(13(16)17)12(14)9-10/h6-7,9,15H,2-5,8,14H2,1H3,(H,16,17). The van der Waals surface area contributed by atoms with Crippen molar-refractivity contribution in [3.8, 4) is 0 Å². The van der Waals surface area contributed by atoms with Gasteiger partial charge in [0.2, 0.25) is 0 Å². The van der Waals surface area contributed by atoms with Crippen molar-refractivity contribution in [2.45, 2.75) is 32.6 Å². The predicted octanol–water partition coefficient (Wildman–Crippen LogP) is 2.96. The zero-order valence-electron chi connectivity index (χ0n) is 10.2. The van der Waals surface area contributed by atoms with E-state index >= 15 is 0 Å². The zero-order chi connectivity index (χ0) is 12.7. The van der Waals surface area contributed by atoms with Gasteiger partial charge in [-0.25, -0.2) is 4.79 Å². The second-order valence-electron chi connectivity index (χ2n) is 4.09. The van der Waals surface area contributed by atoms with E-state index in [0.717, 1.165) is 18.7 Å². The predicted molar refractivity (Wildman–Crippen MR) is 70.4 cm³/mol. The summed E-state index contributed by atoms with van der Waals surface area (Å²) in [5.74, 6) is -0.989. The Bertz CT molecular complexity index is 378. The maximum absolute atomic E-state index is 10.8. The number of carbonyl (C=O) groups is 1. The van der Waals surface area contributed by atoms with Crippen LogP contribution in [0.4, 0.5) is 11.4 Å². The van der Waals surface area contributed by atoms with Crippen LogP contribution in [0.5, 0.6) is 0 Å². The lowest BCUT2D eigenvalue weighted by Crippen LogP contribution is -2.05. The normalized spacial score (nSPS) is 10.2. The second kappa shape index (κ2) is 6.78. The summed E-state index contributed by atoms with van der Waals surface area (Å²) < 4.78 is 0. The molecule has 94 valence electrons. The fraction of sp³-hybridized carbons (Fsp3) is 0.462. The molecule has 0 aliphatic heterocycles. The smallest absolute Gasteiger partial charge is 0.337 e. The molecular weight excluding hydrogens is 216 g/mol. The van der Waals surface area contributed by atoms with Gasteiger partial charge < -0.3 is 16.2 Å². The molecule has 0 heterocycles. The quantitative estimate of drug-likeness (QED) is 0.502. The Morgan fingerprint density at radius 3 is 2.71 bits per heavy atom. The van der Waals surface area contributed by atoms with E-state index < -0.39 is 5.97 Å². The van der Waals surface area contributed by atoms with Crippen molar-refractivity contribution in [2.24, 2.45) is 0 Å². The van der Waals surface area contributed by atoms with E-state index in [0.29, 0.717) is 5.69 Å². The molecule has 0 spiro atoms. The summed E-state index contributed by atoms with van der Waals surface area (Å²) in [5.41, 5.74) is 6.99. The van der Waals surface area contributed by atoms with Crippen LogP contribution in [0.3, 0.4) is 0 Å². The zero-order valence-corrected chi connectivity index (χ0v) is 10.2. The molecule has 0 bridgehead atoms. The highest BCUT2D eigenvalue weighted by Crippen LogP contribution is 2.18. The molecular formula is C13H20N2O2. The molecule has 0 aliphatic carbocycles. The molecule has 0 atom stereocenters. The third-order valence-electron chi connectivity index (χ3n) is 2.64. The minimum absolute atomic E-state index is 0.154. The molecule has 1 aromatic carbocycles. The van der Waals surface area contributed by atoms with Crippen molar-refractivity contribution in [3.63, 3.8) is 0 Å². The number of hydrogen-bond acceptors (Lipinski definition) is 3. The monoisotopic (exact) mass is 236 g/mol. The van der Waals surface area contributed by atoms with Gasteiger partial charge in [-0.2, -0.15) is 0 Å². The molecule has 4 N–H and O–H groups in total. The SMILES string of the molecule is CCCCCCNc1ccc(C(=O)O)c(N)c1. The summed E-state index contributed by atoms with van der Waals surface area (Å²) in [6, 6.07) is 4.95. The number of nitrogens with one attached hydrogen (secondary N) is 1. The molecule has 0 aliphatic rings. The van der Waals surface area contributed by atoms with Crippen molar-refractivity contribution in [3.05, 3.63) is 23.8 Å². The van der Waals surface area contributed by atoms with Crippen LogP contribution in [0.25, 0.3) is 0 Å². The lowest BCUT2D eigenvalue weighted by molar-refractivity contribution is 0.0698. The molecule has 0 fully saturated rings. The van der Waals surface area contributed by atoms with Crippen molar-refractivity contribution in [1.82, 2.24) is 0 Å². The fourth-order valence-electron chi connectivity index (χ4n) is 1.65. The van der Waals surface area contributed by atoms with Gasteiger partial charge in [0.05, 0.1) is 5.56 Å². The number of carboxylic acids is 1. The highest BCUT2D eigenvalue weighted by molar-refractivity contribution is 5.94. The first-order chi connectivity index (χ1) is 8.15. The highest BCUT2D eigenvalue weighted by atomic mass is 16.4. The van der Waals surface area contributed by atoms with E-state index in [1.807, 2.05) is 0 Å². The van der Waals surface area contributed by atoms with E-state index in [1.165, 1.54) is 25.3 Å². The van der Waals surface area contributed by atoms with E-state index in [9.17, 15) is 4.79 Å². The summed E-state index contributed by atoms with van der Waals surface area (Å²) in [5, 5.41) is 12.1. The third-order valence-corrected chi connectivity index (χ3v) is 2.64. The molecule has 0 radical (unpaired) electrons. The van der Waals surface area contributed by atoms with E-state index in [-0.39, 0.29) is 5.56 Å². The molecule has 17 heavy (non-hydrogen) atoms. The van der Waals surface area contributed by atoms with Crippen LogP contribution in [0.15, 0.2) is 18.2 Å². The maximum Gasteiger partial charge on any atom is 0.337 e. The molecule has 0 aromatic heterocycles. The molecule has 1 aromatic rings. The Morgan fingerprint density at radius 2 is 2.12 bits per heavy atom. The number of benzene rings is 1. The van der Waals surface area contributed by atoms with Gasteiger partial charge >= 0.3 is 5.97 Å². The first-order valence-electron chi connectivity index (χ1n) is 6.02. The second-order valence-corrected chi connectivity index (χ2v) is 4.09. The summed E-state index contributed by atoms with van der Waals surface area (Å²) >= 11 is 0. The number of unbranched alkanes of at least 4 members (excludes halogenated alkanes) is 3. The van der Waals surface area contributed by atoms with Crippen LogP contribution in [0, 0.1) is 0 Å². The van der Waals surface area contributed by atoms with Crippen molar-refractivity contribution >= 4 is 17.3 Å². The van der Waals surface area contributed by atoms with Crippen LogP contribution in [-0.2, 0) is 0 Å². The Morgan fingerprint density at radius 1 is 1.35 bits per heavy atom. The van der Waals surface area contributed by atoms with Gasteiger partial charge in [-0.1, -0.05) is 26.2 Å². The molecule has 1 rings (SSSR count). The van der Waals surface area contributed by atoms with Gasteiger partial charge in [0.15, 0.2) is 0 Å². The molecule has 0 saturated carbocycles. The number of aromatic carboxylic acids is 1. The van der Waals surface area contributed by atoms with Crippen LogP contribution >= 0.6 is 0 Å². The third kappa shape index (κ3) is 4.34. The molecule has 0 unspecified atom stereocenters. The molecule has 4 nitrogen and oxygen atoms in total. The summed E-state index contributed by atoms with van der Waals surface area (Å²) in [6.07, 6.45) is 4.81. The maximum atomic E-state index is 10.8. The first-order valence-corrected chi connectivity index (χ1v) is 6.02. The number of rotatable bonds is 7. The van der Waals surface area contributed by atoms with Crippen LogP contribution in [0.1, 0.15) is 43.0 Å². The largest absolute Gasteiger partial charge is 0.478 e. The molecule has 4 heteroatoms. The fourth-order valence-corrected chi connectivity index (χ4v) is 1.65. The van der Waals surface area contributed by atoms with Gasteiger partial charge in [-0.15, -0.1) is 0 Å². The summed E-state index contributed by atoms with van der Waals surface area (Å²) in [6.45, 7) is 3.07. The van der Waals surface area contributed by atoms with Gasteiger partial charge in [0, 0.05) is 17.9 Å². The Labute approximate surface area is 102 Å². The number of anilines is 2. The summed E-state index contributed by atoms with van der Waals surface area (Å²) in [4.78, 5) is 10.8. The number of nitrogens with two attached hydrogens (primary N) is 1. The average molecular weight is 236 g/mol. The Kier molecular flexibility index (Phi) is 5.33. The molecule has 0 saturated heterocycles. The molecule has 0 amide bonds. The van der Waals surface area contributed by atoms with Crippen LogP contribution < -0.4 is 11.1 Å². The summed E-state index contributed by atoms with van der Waals surface area (Å²) in [7, 11) is 0. The van der Waals surface area contributed by atoms with Gasteiger partial charge in [0.1, 0.15) is 0 Å². The van der Waals surface area contributed by atoms with E-state index in [1.54, 1.807) is 12.1 Å².